The largest absolute Gasteiger partial charge is 0.360 e. The van der Waals surface area contributed by atoms with Crippen molar-refractivity contribution >= 4 is 17.3 Å². The summed E-state index contributed by atoms with van der Waals surface area (Å²) >= 11 is 0. The molecule has 1 aliphatic heterocycles. The van der Waals surface area contributed by atoms with Crippen LogP contribution < -0.4 is 10.2 Å². The number of para-hydroxylation sites is 1. The van der Waals surface area contributed by atoms with E-state index in [1.54, 1.807) is 0 Å². The van der Waals surface area contributed by atoms with Crippen LogP contribution in [0.1, 0.15) is 38.8 Å². The maximum absolute atomic E-state index is 13.4. The fourth-order valence-electron chi connectivity index (χ4n) is 3.38. The Morgan fingerprint density at radius 1 is 0.846 bits per heavy atom. The first kappa shape index (κ1) is 16.4. The Bertz CT molecular complexity index is 976. The fourth-order valence-corrected chi connectivity index (χ4v) is 3.38. The third-order valence-electron chi connectivity index (χ3n) is 5.09. The molecule has 0 saturated heterocycles. The Kier molecular flexibility index (Phi) is 4.00. The minimum atomic E-state index is -0.236. The average molecular weight is 342 g/mol. The molecule has 3 aromatic rings. The SMILES string of the molecule is Cc1ccc([C@H]2Nc3ccccc3C(=O)N2c2ccc(C)c(C)c2)cc1. The molecule has 3 nitrogen and oxygen atoms in total. The molecule has 0 saturated carbocycles. The number of amides is 1. The van der Waals surface area contributed by atoms with Crippen LogP contribution in [0.2, 0.25) is 0 Å². The summed E-state index contributed by atoms with van der Waals surface area (Å²) in [6.45, 7) is 6.23. The van der Waals surface area contributed by atoms with Crippen LogP contribution in [-0.2, 0) is 0 Å². The molecule has 1 aliphatic rings. The van der Waals surface area contributed by atoms with Crippen LogP contribution in [0.25, 0.3) is 0 Å². The highest BCUT2D eigenvalue weighted by molar-refractivity contribution is 6.12. The van der Waals surface area contributed by atoms with Gasteiger partial charge >= 0.3 is 0 Å². The second-order valence-corrected chi connectivity index (χ2v) is 6.95. The summed E-state index contributed by atoms with van der Waals surface area (Å²) in [5.41, 5.74) is 7.16. The molecule has 26 heavy (non-hydrogen) atoms. The number of hydrogen-bond donors (Lipinski definition) is 1. The minimum absolute atomic E-state index is 0.0215. The lowest BCUT2D eigenvalue weighted by Gasteiger charge is -2.38. The zero-order chi connectivity index (χ0) is 18.3. The first-order chi connectivity index (χ1) is 12.5. The van der Waals surface area contributed by atoms with Gasteiger partial charge in [0, 0.05) is 11.4 Å². The molecule has 130 valence electrons. The Hall–Kier alpha value is -3.07. The lowest BCUT2D eigenvalue weighted by molar-refractivity contribution is 0.0975. The lowest BCUT2D eigenvalue weighted by Crippen LogP contribution is -2.43. The van der Waals surface area contributed by atoms with E-state index in [2.05, 4.69) is 62.5 Å². The molecule has 0 aliphatic carbocycles. The smallest absolute Gasteiger partial charge is 0.262 e. The van der Waals surface area contributed by atoms with Crippen molar-refractivity contribution in [1.29, 1.82) is 0 Å². The molecule has 0 spiro atoms. The van der Waals surface area contributed by atoms with Crippen molar-refractivity contribution in [3.05, 3.63) is 94.5 Å². The number of aryl methyl sites for hydroxylation is 3. The van der Waals surface area contributed by atoms with Gasteiger partial charge in [-0.3, -0.25) is 9.69 Å². The van der Waals surface area contributed by atoms with E-state index in [9.17, 15) is 4.79 Å². The van der Waals surface area contributed by atoms with Gasteiger partial charge in [-0.1, -0.05) is 48.0 Å². The van der Waals surface area contributed by atoms with Gasteiger partial charge in [0.05, 0.1) is 5.56 Å². The number of benzene rings is 3. The number of nitrogens with zero attached hydrogens (tertiary/aromatic N) is 1. The summed E-state index contributed by atoms with van der Waals surface area (Å²) in [4.78, 5) is 15.2. The van der Waals surface area contributed by atoms with Crippen LogP contribution in [0.15, 0.2) is 66.7 Å². The number of nitrogens with one attached hydrogen (secondary N) is 1. The lowest BCUT2D eigenvalue weighted by atomic mass is 10.0. The summed E-state index contributed by atoms with van der Waals surface area (Å²) in [5.74, 6) is 0.0215. The average Bonchev–Trinajstić information content (AvgIpc) is 2.65. The molecular weight excluding hydrogens is 320 g/mol. The van der Waals surface area contributed by atoms with E-state index in [1.165, 1.54) is 16.7 Å². The monoisotopic (exact) mass is 342 g/mol. The van der Waals surface area contributed by atoms with Crippen molar-refractivity contribution in [2.75, 3.05) is 10.2 Å². The highest BCUT2D eigenvalue weighted by Gasteiger charge is 2.34. The van der Waals surface area contributed by atoms with Crippen LogP contribution in [-0.4, -0.2) is 5.91 Å². The highest BCUT2D eigenvalue weighted by Crippen LogP contribution is 2.37. The number of hydrogen-bond acceptors (Lipinski definition) is 2. The normalized spacial score (nSPS) is 16.2. The highest BCUT2D eigenvalue weighted by atomic mass is 16.2. The molecule has 1 heterocycles. The van der Waals surface area contributed by atoms with Crippen molar-refractivity contribution in [3.63, 3.8) is 0 Å². The molecule has 0 fully saturated rings. The van der Waals surface area contributed by atoms with Crippen LogP contribution in [0, 0.1) is 20.8 Å². The Labute approximate surface area is 154 Å². The van der Waals surface area contributed by atoms with Gasteiger partial charge in [-0.2, -0.15) is 0 Å². The maximum atomic E-state index is 13.4. The van der Waals surface area contributed by atoms with Crippen LogP contribution >= 0.6 is 0 Å². The molecular formula is C23H22N2O. The summed E-state index contributed by atoms with van der Waals surface area (Å²) in [5, 5.41) is 3.55. The molecule has 3 aromatic carbocycles. The van der Waals surface area contributed by atoms with Gasteiger partial charge in [-0.15, -0.1) is 0 Å². The Morgan fingerprint density at radius 3 is 2.31 bits per heavy atom. The molecule has 0 bridgehead atoms. The van der Waals surface area contributed by atoms with Crippen LogP contribution in [0.5, 0.6) is 0 Å². The van der Waals surface area contributed by atoms with E-state index in [-0.39, 0.29) is 12.1 Å². The predicted octanol–water partition coefficient (Wildman–Crippen LogP) is 5.38. The van der Waals surface area contributed by atoms with Crippen LogP contribution in [0.4, 0.5) is 11.4 Å². The van der Waals surface area contributed by atoms with Gasteiger partial charge < -0.3 is 5.32 Å². The van der Waals surface area contributed by atoms with Crippen molar-refractivity contribution in [1.82, 2.24) is 0 Å². The maximum Gasteiger partial charge on any atom is 0.262 e. The number of carbonyl (C=O) groups is 1. The first-order valence-electron chi connectivity index (χ1n) is 8.87. The van der Waals surface area contributed by atoms with Gasteiger partial charge in [0.1, 0.15) is 6.17 Å². The zero-order valence-electron chi connectivity index (χ0n) is 15.3. The molecule has 1 N–H and O–H groups in total. The zero-order valence-corrected chi connectivity index (χ0v) is 15.3. The third kappa shape index (κ3) is 2.76. The van der Waals surface area contributed by atoms with Gasteiger partial charge in [-0.25, -0.2) is 0 Å². The number of fused-ring (bicyclic) bond motifs is 1. The number of anilines is 2. The number of carbonyl (C=O) groups excluding carboxylic acids is 1. The number of rotatable bonds is 2. The molecule has 0 radical (unpaired) electrons. The molecule has 3 heteroatoms. The topological polar surface area (TPSA) is 32.3 Å². The summed E-state index contributed by atoms with van der Waals surface area (Å²) in [6, 6.07) is 22.2. The molecule has 1 atom stereocenters. The van der Waals surface area contributed by atoms with Gasteiger partial charge in [0.2, 0.25) is 0 Å². The quantitative estimate of drug-likeness (QED) is 0.678. The molecule has 4 rings (SSSR count). The first-order valence-corrected chi connectivity index (χ1v) is 8.87. The van der Waals surface area contributed by atoms with Crippen molar-refractivity contribution < 1.29 is 4.79 Å². The van der Waals surface area contributed by atoms with Gasteiger partial charge in [0.25, 0.3) is 5.91 Å². The summed E-state index contributed by atoms with van der Waals surface area (Å²) in [6.07, 6.45) is -0.236. The van der Waals surface area contributed by atoms with Crippen LogP contribution in [0.3, 0.4) is 0 Å². The third-order valence-corrected chi connectivity index (χ3v) is 5.09. The minimum Gasteiger partial charge on any atom is -0.360 e. The predicted molar refractivity (Wildman–Crippen MR) is 107 cm³/mol. The second kappa shape index (κ2) is 6.34. The Balaban J connectivity index is 1.87. The molecule has 0 aromatic heterocycles. The standard InChI is InChI=1S/C23H22N2O/c1-15-8-11-18(12-9-15)22-24-21-7-5-4-6-20(21)23(26)25(22)19-13-10-16(2)17(3)14-19/h4-14,22,24H,1-3H3/t22-/m0/s1. The van der Waals surface area contributed by atoms with Crippen molar-refractivity contribution in [2.45, 2.75) is 26.9 Å². The molecule has 1 amide bonds. The summed E-state index contributed by atoms with van der Waals surface area (Å²) in [7, 11) is 0. The fraction of sp³-hybridized carbons (Fsp3) is 0.174. The molecule has 0 unspecified atom stereocenters. The van der Waals surface area contributed by atoms with Gasteiger partial charge in [-0.05, 0) is 61.7 Å². The van der Waals surface area contributed by atoms with Crippen molar-refractivity contribution in [3.8, 4) is 0 Å². The van der Waals surface area contributed by atoms with E-state index < -0.39 is 0 Å². The Morgan fingerprint density at radius 2 is 1.58 bits per heavy atom. The van der Waals surface area contributed by atoms with Gasteiger partial charge in [0.15, 0.2) is 0 Å². The summed E-state index contributed by atoms with van der Waals surface area (Å²) < 4.78 is 0. The van der Waals surface area contributed by atoms with Crippen molar-refractivity contribution in [2.24, 2.45) is 0 Å². The van der Waals surface area contributed by atoms with E-state index in [1.807, 2.05) is 35.2 Å². The van der Waals surface area contributed by atoms with E-state index >= 15 is 0 Å². The van der Waals surface area contributed by atoms with E-state index in [4.69, 9.17) is 0 Å². The second-order valence-electron chi connectivity index (χ2n) is 6.95. The van der Waals surface area contributed by atoms with E-state index in [0.717, 1.165) is 16.9 Å². The van der Waals surface area contributed by atoms with E-state index in [0.29, 0.717) is 5.56 Å².